The van der Waals surface area contributed by atoms with Crippen molar-refractivity contribution in [2.45, 2.75) is 31.7 Å². The van der Waals surface area contributed by atoms with Crippen LogP contribution in [0.25, 0.3) is 0 Å². The van der Waals surface area contributed by atoms with E-state index in [1.165, 1.54) is 18.4 Å². The number of nitrogens with one attached hydrogen (secondary N) is 2. The maximum Gasteiger partial charge on any atom is 0.191 e. The zero-order chi connectivity index (χ0) is 20.7. The van der Waals surface area contributed by atoms with Gasteiger partial charge in [-0.05, 0) is 31.4 Å². The number of aliphatic imine (C=N–C) groups is 1. The Kier molecular flexibility index (Phi) is 6.86. The third-order valence-electron chi connectivity index (χ3n) is 5.37. The Labute approximate surface area is 173 Å². The van der Waals surface area contributed by atoms with Gasteiger partial charge in [-0.15, -0.1) is 0 Å². The highest BCUT2D eigenvalue weighted by molar-refractivity contribution is 5.80. The molecule has 1 aliphatic rings. The molecule has 0 aromatic heterocycles. The van der Waals surface area contributed by atoms with Crippen molar-refractivity contribution < 1.29 is 14.2 Å². The summed E-state index contributed by atoms with van der Waals surface area (Å²) in [7, 11) is 4.89. The number of nitrogens with zero attached hydrogens (tertiary/aromatic N) is 1. The smallest absolute Gasteiger partial charge is 0.191 e. The summed E-state index contributed by atoms with van der Waals surface area (Å²) in [6, 6.07) is 14.5. The van der Waals surface area contributed by atoms with Crippen LogP contribution in [-0.4, -0.2) is 40.4 Å². The third-order valence-corrected chi connectivity index (χ3v) is 5.37. The van der Waals surface area contributed by atoms with Gasteiger partial charge in [0, 0.05) is 30.1 Å². The molecule has 2 N–H and O–H groups in total. The van der Waals surface area contributed by atoms with E-state index in [1.807, 2.05) is 12.1 Å². The minimum Gasteiger partial charge on any atom is -0.496 e. The van der Waals surface area contributed by atoms with Crippen molar-refractivity contribution in [2.24, 2.45) is 4.99 Å². The molecule has 2 aromatic rings. The largest absolute Gasteiger partial charge is 0.496 e. The van der Waals surface area contributed by atoms with Crippen LogP contribution in [0.3, 0.4) is 0 Å². The molecule has 0 spiro atoms. The van der Waals surface area contributed by atoms with Crippen molar-refractivity contribution in [1.29, 1.82) is 0 Å². The number of ether oxygens (including phenoxy) is 3. The van der Waals surface area contributed by atoms with E-state index in [2.05, 4.69) is 47.9 Å². The van der Waals surface area contributed by atoms with Gasteiger partial charge in [-0.2, -0.15) is 0 Å². The summed E-state index contributed by atoms with van der Waals surface area (Å²) >= 11 is 0. The molecule has 156 valence electrons. The van der Waals surface area contributed by atoms with Gasteiger partial charge in [-0.1, -0.05) is 30.3 Å². The van der Waals surface area contributed by atoms with E-state index in [1.54, 1.807) is 21.3 Å². The number of methoxy groups -OCH3 is 3. The topological polar surface area (TPSA) is 64.1 Å². The van der Waals surface area contributed by atoms with E-state index in [0.29, 0.717) is 18.0 Å². The quantitative estimate of drug-likeness (QED) is 0.501. The summed E-state index contributed by atoms with van der Waals surface area (Å²) in [4.78, 5) is 4.77. The monoisotopic (exact) mass is 397 g/mol. The molecular formula is C23H31N3O3. The fourth-order valence-corrected chi connectivity index (χ4v) is 3.49. The third kappa shape index (κ3) is 4.94. The Morgan fingerprint density at radius 3 is 2.17 bits per heavy atom. The van der Waals surface area contributed by atoms with Gasteiger partial charge in [0.05, 0.1) is 27.9 Å². The summed E-state index contributed by atoms with van der Waals surface area (Å²) in [5.74, 6) is 2.83. The van der Waals surface area contributed by atoms with Gasteiger partial charge < -0.3 is 24.8 Å². The summed E-state index contributed by atoms with van der Waals surface area (Å²) < 4.78 is 16.3. The minimum absolute atomic E-state index is 0.221. The van der Waals surface area contributed by atoms with Crippen LogP contribution in [0.4, 0.5) is 0 Å². The highest BCUT2D eigenvalue weighted by Crippen LogP contribution is 2.47. The van der Waals surface area contributed by atoms with Crippen LogP contribution in [0.2, 0.25) is 0 Å². The molecule has 0 radical (unpaired) electrons. The van der Waals surface area contributed by atoms with E-state index in [4.69, 9.17) is 19.2 Å². The molecule has 0 atom stereocenters. The maximum atomic E-state index is 5.52. The second-order valence-corrected chi connectivity index (χ2v) is 7.21. The Morgan fingerprint density at radius 2 is 1.59 bits per heavy atom. The second-order valence-electron chi connectivity index (χ2n) is 7.21. The van der Waals surface area contributed by atoms with Gasteiger partial charge in [-0.3, -0.25) is 0 Å². The second kappa shape index (κ2) is 9.54. The fraction of sp³-hybridized carbons (Fsp3) is 0.435. The summed E-state index contributed by atoms with van der Waals surface area (Å²) in [6.07, 6.45) is 2.40. The van der Waals surface area contributed by atoms with Gasteiger partial charge in [-0.25, -0.2) is 4.99 Å². The summed E-state index contributed by atoms with van der Waals surface area (Å²) in [5.41, 5.74) is 2.55. The molecule has 0 amide bonds. The fourth-order valence-electron chi connectivity index (χ4n) is 3.49. The molecule has 0 unspecified atom stereocenters. The number of guanidine groups is 1. The molecule has 1 aliphatic carbocycles. The van der Waals surface area contributed by atoms with Crippen molar-refractivity contribution in [3.8, 4) is 17.2 Å². The lowest BCUT2D eigenvalue weighted by molar-refractivity contribution is 0.347. The SMILES string of the molecule is CCNC(=NCc1cc(OC)c(OC)cc1OC)NCC1(c2ccccc2)CC1. The van der Waals surface area contributed by atoms with Crippen molar-refractivity contribution in [1.82, 2.24) is 10.6 Å². The lowest BCUT2D eigenvalue weighted by Crippen LogP contribution is -2.41. The molecule has 3 rings (SSSR count). The molecular weight excluding hydrogens is 366 g/mol. The van der Waals surface area contributed by atoms with Gasteiger partial charge in [0.2, 0.25) is 0 Å². The first-order valence-corrected chi connectivity index (χ1v) is 10.0. The predicted molar refractivity (Wildman–Crippen MR) is 116 cm³/mol. The average molecular weight is 398 g/mol. The van der Waals surface area contributed by atoms with Crippen molar-refractivity contribution in [3.05, 3.63) is 53.6 Å². The first-order chi connectivity index (χ1) is 14.2. The first-order valence-electron chi connectivity index (χ1n) is 10.0. The van der Waals surface area contributed by atoms with Crippen LogP contribution < -0.4 is 24.8 Å². The highest BCUT2D eigenvalue weighted by atomic mass is 16.5. The summed E-state index contributed by atoms with van der Waals surface area (Å²) in [5, 5.41) is 6.86. The van der Waals surface area contributed by atoms with Gasteiger partial charge in [0.1, 0.15) is 5.75 Å². The highest BCUT2D eigenvalue weighted by Gasteiger charge is 2.43. The maximum absolute atomic E-state index is 5.52. The lowest BCUT2D eigenvalue weighted by Gasteiger charge is -2.19. The predicted octanol–water partition coefficient (Wildman–Crippen LogP) is 3.50. The Hall–Kier alpha value is -2.89. The molecule has 2 aromatic carbocycles. The van der Waals surface area contributed by atoms with E-state index in [-0.39, 0.29) is 5.41 Å². The zero-order valence-electron chi connectivity index (χ0n) is 17.7. The molecule has 29 heavy (non-hydrogen) atoms. The van der Waals surface area contributed by atoms with E-state index in [0.717, 1.165) is 30.4 Å². The molecule has 0 heterocycles. The molecule has 6 nitrogen and oxygen atoms in total. The number of benzene rings is 2. The van der Waals surface area contributed by atoms with E-state index >= 15 is 0 Å². The molecule has 1 fully saturated rings. The molecule has 0 bridgehead atoms. The molecule has 0 saturated heterocycles. The van der Waals surface area contributed by atoms with E-state index in [9.17, 15) is 0 Å². The Morgan fingerprint density at radius 1 is 0.931 bits per heavy atom. The lowest BCUT2D eigenvalue weighted by atomic mass is 9.96. The summed E-state index contributed by atoms with van der Waals surface area (Å²) in [6.45, 7) is 4.20. The van der Waals surface area contributed by atoms with E-state index < -0.39 is 0 Å². The molecule has 6 heteroatoms. The number of rotatable bonds is 9. The van der Waals surface area contributed by atoms with Crippen LogP contribution in [-0.2, 0) is 12.0 Å². The van der Waals surface area contributed by atoms with Crippen molar-refractivity contribution in [2.75, 3.05) is 34.4 Å². The number of hydrogen-bond donors (Lipinski definition) is 2. The average Bonchev–Trinajstić information content (AvgIpc) is 3.56. The minimum atomic E-state index is 0.221. The van der Waals surface area contributed by atoms with Crippen LogP contribution >= 0.6 is 0 Å². The molecule has 1 saturated carbocycles. The van der Waals surface area contributed by atoms with Gasteiger partial charge in [0.15, 0.2) is 17.5 Å². The zero-order valence-corrected chi connectivity index (χ0v) is 17.7. The number of hydrogen-bond acceptors (Lipinski definition) is 4. The van der Waals surface area contributed by atoms with Crippen LogP contribution in [0.5, 0.6) is 17.2 Å². The van der Waals surface area contributed by atoms with Gasteiger partial charge in [0.25, 0.3) is 0 Å². The van der Waals surface area contributed by atoms with Crippen molar-refractivity contribution >= 4 is 5.96 Å². The van der Waals surface area contributed by atoms with Crippen LogP contribution in [0.15, 0.2) is 47.5 Å². The van der Waals surface area contributed by atoms with Gasteiger partial charge >= 0.3 is 0 Å². The Balaban J connectivity index is 1.73. The Bertz CT molecular complexity index is 833. The first kappa shape index (κ1) is 20.8. The standard InChI is InChI=1S/C23H31N3O3/c1-5-24-22(26-16-23(11-12-23)18-9-7-6-8-10-18)25-15-17-13-20(28-3)21(29-4)14-19(17)27-2/h6-10,13-14H,5,11-12,15-16H2,1-4H3,(H2,24,25,26). The molecule has 0 aliphatic heterocycles. The normalized spacial score (nSPS) is 14.8. The van der Waals surface area contributed by atoms with Crippen LogP contribution in [0.1, 0.15) is 30.9 Å². The van der Waals surface area contributed by atoms with Crippen molar-refractivity contribution in [3.63, 3.8) is 0 Å². The van der Waals surface area contributed by atoms with Crippen LogP contribution in [0, 0.1) is 0 Å².